The molecule has 0 aliphatic heterocycles. The van der Waals surface area contributed by atoms with Crippen molar-refractivity contribution in [2.45, 2.75) is 27.2 Å². The zero-order valence-corrected chi connectivity index (χ0v) is 10.9. The van der Waals surface area contributed by atoms with Crippen LogP contribution in [0.15, 0.2) is 18.2 Å². The van der Waals surface area contributed by atoms with E-state index in [1.165, 1.54) is 12.1 Å². The number of nitro groups is 1. The number of nitrogens with zero attached hydrogens (tertiary/aromatic N) is 1. The van der Waals surface area contributed by atoms with Crippen molar-refractivity contribution in [2.75, 3.05) is 11.9 Å². The molecule has 0 saturated carbocycles. The van der Waals surface area contributed by atoms with E-state index >= 15 is 0 Å². The van der Waals surface area contributed by atoms with Crippen molar-refractivity contribution in [1.29, 1.82) is 0 Å². The minimum Gasteiger partial charge on any atom is -0.384 e. The molecule has 5 heteroatoms. The fourth-order valence-electron chi connectivity index (χ4n) is 1.96. The molecule has 1 unspecified atom stereocenters. The molecule has 0 saturated heterocycles. The summed E-state index contributed by atoms with van der Waals surface area (Å²) >= 11 is 0. The zero-order chi connectivity index (χ0) is 13.7. The number of benzene rings is 1. The lowest BCUT2D eigenvalue weighted by molar-refractivity contribution is -0.385. The van der Waals surface area contributed by atoms with E-state index < -0.39 is 10.7 Å². The zero-order valence-electron chi connectivity index (χ0n) is 10.9. The van der Waals surface area contributed by atoms with E-state index in [2.05, 4.69) is 26.1 Å². The van der Waals surface area contributed by atoms with Gasteiger partial charge in [-0.25, -0.2) is 4.39 Å². The third-order valence-electron chi connectivity index (χ3n) is 2.62. The molecule has 18 heavy (non-hydrogen) atoms. The molecule has 0 bridgehead atoms. The van der Waals surface area contributed by atoms with Crippen molar-refractivity contribution in [1.82, 2.24) is 0 Å². The van der Waals surface area contributed by atoms with Gasteiger partial charge >= 0.3 is 0 Å². The average molecular weight is 254 g/mol. The third-order valence-corrected chi connectivity index (χ3v) is 2.62. The molecular weight excluding hydrogens is 235 g/mol. The van der Waals surface area contributed by atoms with E-state index in [-0.39, 0.29) is 5.69 Å². The monoisotopic (exact) mass is 254 g/mol. The molecule has 0 aliphatic carbocycles. The van der Waals surface area contributed by atoms with E-state index in [0.717, 1.165) is 12.5 Å². The van der Waals surface area contributed by atoms with Crippen LogP contribution in [-0.4, -0.2) is 11.5 Å². The van der Waals surface area contributed by atoms with Crippen LogP contribution in [0, 0.1) is 27.8 Å². The predicted octanol–water partition coefficient (Wildman–Crippen LogP) is 3.83. The molecular formula is C13H19FN2O2. The number of hydrogen-bond acceptors (Lipinski definition) is 3. The lowest BCUT2D eigenvalue weighted by atomic mass is 9.99. The van der Waals surface area contributed by atoms with Gasteiger partial charge in [0.1, 0.15) is 5.82 Å². The van der Waals surface area contributed by atoms with Gasteiger partial charge in [-0.2, -0.15) is 0 Å². The summed E-state index contributed by atoms with van der Waals surface area (Å²) in [5, 5.41) is 13.6. The fraction of sp³-hybridized carbons (Fsp3) is 0.538. The molecule has 0 spiro atoms. The standard InChI is InChI=1S/C13H19FN2O2/c1-9(2)4-10(3)8-15-12-5-11(14)6-13(7-12)16(17)18/h5-7,9-10,15H,4,8H2,1-3H3. The van der Waals surface area contributed by atoms with Gasteiger partial charge in [-0.1, -0.05) is 20.8 Å². The molecule has 1 atom stereocenters. The van der Waals surface area contributed by atoms with Gasteiger partial charge in [0.15, 0.2) is 0 Å². The molecule has 4 nitrogen and oxygen atoms in total. The van der Waals surface area contributed by atoms with Gasteiger partial charge < -0.3 is 5.32 Å². The highest BCUT2D eigenvalue weighted by atomic mass is 19.1. The SMILES string of the molecule is CC(C)CC(C)CNc1cc(F)cc([N+](=O)[O-])c1. The first kappa shape index (κ1) is 14.4. The Balaban J connectivity index is 2.64. The van der Waals surface area contributed by atoms with Crippen LogP contribution in [0.25, 0.3) is 0 Å². The Kier molecular flexibility index (Phi) is 5.07. The molecule has 0 radical (unpaired) electrons. The van der Waals surface area contributed by atoms with Crippen molar-refractivity contribution in [3.8, 4) is 0 Å². The van der Waals surface area contributed by atoms with Crippen molar-refractivity contribution >= 4 is 11.4 Å². The number of hydrogen-bond donors (Lipinski definition) is 1. The van der Waals surface area contributed by atoms with Crippen LogP contribution < -0.4 is 5.32 Å². The second kappa shape index (κ2) is 6.33. The van der Waals surface area contributed by atoms with Crippen molar-refractivity contribution in [3.63, 3.8) is 0 Å². The molecule has 0 aromatic heterocycles. The van der Waals surface area contributed by atoms with Crippen LogP contribution in [0.5, 0.6) is 0 Å². The molecule has 1 aromatic rings. The summed E-state index contributed by atoms with van der Waals surface area (Å²) in [7, 11) is 0. The topological polar surface area (TPSA) is 55.2 Å². The fourth-order valence-corrected chi connectivity index (χ4v) is 1.96. The van der Waals surface area contributed by atoms with Crippen LogP contribution in [-0.2, 0) is 0 Å². The maximum atomic E-state index is 13.2. The molecule has 1 rings (SSSR count). The number of rotatable bonds is 6. The Bertz CT molecular complexity index is 421. The van der Waals surface area contributed by atoms with Gasteiger partial charge in [0.2, 0.25) is 0 Å². The van der Waals surface area contributed by atoms with Gasteiger partial charge in [-0.05, 0) is 24.3 Å². The Morgan fingerprint density at radius 2 is 2.00 bits per heavy atom. The number of non-ortho nitro benzene ring substituents is 1. The summed E-state index contributed by atoms with van der Waals surface area (Å²) in [6, 6.07) is 3.54. The summed E-state index contributed by atoms with van der Waals surface area (Å²) in [6.07, 6.45) is 1.06. The third kappa shape index (κ3) is 4.69. The predicted molar refractivity (Wildman–Crippen MR) is 70.2 cm³/mol. The lowest BCUT2D eigenvalue weighted by Crippen LogP contribution is -2.13. The number of anilines is 1. The number of nitro benzene ring substituents is 1. The highest BCUT2D eigenvalue weighted by molar-refractivity contribution is 5.51. The van der Waals surface area contributed by atoms with Gasteiger partial charge in [-0.15, -0.1) is 0 Å². The highest BCUT2D eigenvalue weighted by Gasteiger charge is 2.10. The quantitative estimate of drug-likeness (QED) is 0.620. The average Bonchev–Trinajstić information content (AvgIpc) is 2.24. The largest absolute Gasteiger partial charge is 0.384 e. The van der Waals surface area contributed by atoms with Crippen LogP contribution in [0.3, 0.4) is 0 Å². The van der Waals surface area contributed by atoms with Crippen LogP contribution in [0.4, 0.5) is 15.8 Å². The van der Waals surface area contributed by atoms with Crippen molar-refractivity contribution in [2.24, 2.45) is 11.8 Å². The Hall–Kier alpha value is -1.65. The van der Waals surface area contributed by atoms with E-state index in [1.807, 2.05) is 0 Å². The van der Waals surface area contributed by atoms with E-state index in [1.54, 1.807) is 0 Å². The molecule has 1 N–H and O–H groups in total. The first-order valence-electron chi connectivity index (χ1n) is 6.07. The molecule has 0 amide bonds. The molecule has 0 aliphatic rings. The van der Waals surface area contributed by atoms with E-state index in [9.17, 15) is 14.5 Å². The minimum absolute atomic E-state index is 0.228. The minimum atomic E-state index is -0.594. The smallest absolute Gasteiger partial charge is 0.274 e. The second-order valence-electron chi connectivity index (χ2n) is 5.07. The Morgan fingerprint density at radius 1 is 1.33 bits per heavy atom. The summed E-state index contributed by atoms with van der Waals surface area (Å²) in [5.41, 5.74) is 0.228. The second-order valence-corrected chi connectivity index (χ2v) is 5.07. The molecule has 1 aromatic carbocycles. The molecule has 0 fully saturated rings. The Morgan fingerprint density at radius 3 is 2.56 bits per heavy atom. The summed E-state index contributed by atoms with van der Waals surface area (Å²) < 4.78 is 13.2. The molecule has 100 valence electrons. The summed E-state index contributed by atoms with van der Waals surface area (Å²) in [6.45, 7) is 7.06. The van der Waals surface area contributed by atoms with Gasteiger partial charge in [-0.3, -0.25) is 10.1 Å². The van der Waals surface area contributed by atoms with Crippen molar-refractivity contribution in [3.05, 3.63) is 34.1 Å². The van der Waals surface area contributed by atoms with E-state index in [4.69, 9.17) is 0 Å². The first-order chi connectivity index (χ1) is 8.38. The highest BCUT2D eigenvalue weighted by Crippen LogP contribution is 2.21. The van der Waals surface area contributed by atoms with Crippen molar-refractivity contribution < 1.29 is 9.31 Å². The first-order valence-corrected chi connectivity index (χ1v) is 6.07. The number of nitrogens with one attached hydrogen (secondary N) is 1. The number of halogens is 1. The molecule has 0 heterocycles. The lowest BCUT2D eigenvalue weighted by Gasteiger charge is -2.15. The van der Waals surface area contributed by atoms with Crippen LogP contribution in [0.1, 0.15) is 27.2 Å². The van der Waals surface area contributed by atoms with Crippen LogP contribution in [0.2, 0.25) is 0 Å². The normalized spacial score (nSPS) is 12.5. The van der Waals surface area contributed by atoms with Crippen LogP contribution >= 0.6 is 0 Å². The maximum Gasteiger partial charge on any atom is 0.274 e. The summed E-state index contributed by atoms with van der Waals surface area (Å²) in [4.78, 5) is 10.0. The summed E-state index contributed by atoms with van der Waals surface area (Å²) in [5.74, 6) is 0.444. The Labute approximate surface area is 106 Å². The van der Waals surface area contributed by atoms with Gasteiger partial charge in [0, 0.05) is 18.3 Å². The van der Waals surface area contributed by atoms with Gasteiger partial charge in [0.05, 0.1) is 11.0 Å². The van der Waals surface area contributed by atoms with Gasteiger partial charge in [0.25, 0.3) is 5.69 Å². The van der Waals surface area contributed by atoms with E-state index in [0.29, 0.717) is 24.1 Å². The maximum absolute atomic E-state index is 13.2.